The molecule has 0 aliphatic carbocycles. The molecule has 0 atom stereocenters. The van der Waals surface area contributed by atoms with Gasteiger partial charge in [0, 0.05) is 12.1 Å². The first-order valence-electron chi connectivity index (χ1n) is 5.66. The molecule has 3 nitrogen and oxygen atoms in total. The molecular formula is C13H6Br2F3N3. The van der Waals surface area contributed by atoms with E-state index >= 15 is 0 Å². The SMILES string of the molecule is Nc1nc2cc(Br)c(F)cc2n1-c1cc(F)c(Br)cc1F. The second-order valence-corrected chi connectivity index (χ2v) is 5.99. The molecule has 0 radical (unpaired) electrons. The minimum absolute atomic E-state index is 0.0133. The third-order valence-corrected chi connectivity index (χ3v) is 4.17. The fourth-order valence-electron chi connectivity index (χ4n) is 2.03. The highest BCUT2D eigenvalue weighted by Gasteiger charge is 2.17. The third-order valence-electron chi connectivity index (χ3n) is 2.95. The molecule has 21 heavy (non-hydrogen) atoms. The molecule has 2 aromatic carbocycles. The number of nitrogens with two attached hydrogens (primary N) is 1. The van der Waals surface area contributed by atoms with Crippen molar-refractivity contribution in [1.29, 1.82) is 0 Å². The fourth-order valence-corrected chi connectivity index (χ4v) is 2.67. The first-order chi connectivity index (χ1) is 9.88. The van der Waals surface area contributed by atoms with Gasteiger partial charge in [-0.15, -0.1) is 0 Å². The van der Waals surface area contributed by atoms with Crippen LogP contribution in [0.1, 0.15) is 0 Å². The van der Waals surface area contributed by atoms with Gasteiger partial charge in [0.05, 0.1) is 25.7 Å². The number of fused-ring (bicyclic) bond motifs is 1. The maximum Gasteiger partial charge on any atom is 0.206 e. The molecular weight excluding hydrogens is 415 g/mol. The largest absolute Gasteiger partial charge is 0.369 e. The van der Waals surface area contributed by atoms with Crippen molar-refractivity contribution >= 4 is 48.8 Å². The molecule has 0 spiro atoms. The van der Waals surface area contributed by atoms with Crippen molar-refractivity contribution < 1.29 is 13.2 Å². The van der Waals surface area contributed by atoms with Crippen molar-refractivity contribution in [2.24, 2.45) is 0 Å². The first kappa shape index (κ1) is 14.4. The number of rotatable bonds is 1. The molecule has 0 aliphatic rings. The lowest BCUT2D eigenvalue weighted by Gasteiger charge is -2.09. The van der Waals surface area contributed by atoms with Crippen LogP contribution in [-0.4, -0.2) is 9.55 Å². The summed E-state index contributed by atoms with van der Waals surface area (Å²) in [6.07, 6.45) is 0. The summed E-state index contributed by atoms with van der Waals surface area (Å²) in [5, 5.41) is 0. The maximum absolute atomic E-state index is 14.1. The Morgan fingerprint density at radius 1 is 0.905 bits per heavy atom. The molecule has 0 aliphatic heterocycles. The monoisotopic (exact) mass is 419 g/mol. The lowest BCUT2D eigenvalue weighted by Crippen LogP contribution is -2.04. The predicted octanol–water partition coefficient (Wildman–Crippen LogP) is 4.55. The summed E-state index contributed by atoms with van der Waals surface area (Å²) in [5.74, 6) is -1.99. The molecule has 108 valence electrons. The van der Waals surface area contributed by atoms with Crippen molar-refractivity contribution in [1.82, 2.24) is 9.55 Å². The van der Waals surface area contributed by atoms with E-state index in [9.17, 15) is 13.2 Å². The zero-order valence-electron chi connectivity index (χ0n) is 10.2. The summed E-state index contributed by atoms with van der Waals surface area (Å²) < 4.78 is 42.8. The number of aromatic nitrogens is 2. The van der Waals surface area contributed by atoms with E-state index in [4.69, 9.17) is 5.73 Å². The molecule has 1 aromatic heterocycles. The summed E-state index contributed by atoms with van der Waals surface area (Å²) in [4.78, 5) is 4.03. The average Bonchev–Trinajstić information content (AvgIpc) is 2.70. The van der Waals surface area contributed by atoms with Gasteiger partial charge in [-0.25, -0.2) is 18.2 Å². The van der Waals surface area contributed by atoms with E-state index in [0.717, 1.165) is 22.8 Å². The molecule has 2 N–H and O–H groups in total. The predicted molar refractivity (Wildman–Crippen MR) is 80.8 cm³/mol. The second-order valence-electron chi connectivity index (χ2n) is 4.28. The number of anilines is 1. The maximum atomic E-state index is 14.1. The first-order valence-corrected chi connectivity index (χ1v) is 7.25. The van der Waals surface area contributed by atoms with Crippen LogP contribution in [0.15, 0.2) is 33.2 Å². The van der Waals surface area contributed by atoms with Gasteiger partial charge in [0.1, 0.15) is 17.5 Å². The van der Waals surface area contributed by atoms with Gasteiger partial charge >= 0.3 is 0 Å². The fraction of sp³-hybridized carbons (Fsp3) is 0. The van der Waals surface area contributed by atoms with Crippen LogP contribution >= 0.6 is 31.9 Å². The Kier molecular flexibility index (Phi) is 3.45. The summed E-state index contributed by atoms with van der Waals surface area (Å²) >= 11 is 5.93. The van der Waals surface area contributed by atoms with Crippen LogP contribution in [0.25, 0.3) is 16.7 Å². The van der Waals surface area contributed by atoms with Gasteiger partial charge in [-0.1, -0.05) is 0 Å². The van der Waals surface area contributed by atoms with Crippen molar-refractivity contribution in [3.8, 4) is 5.69 Å². The molecule has 8 heteroatoms. The zero-order valence-corrected chi connectivity index (χ0v) is 13.3. The Morgan fingerprint density at radius 2 is 1.52 bits per heavy atom. The highest BCUT2D eigenvalue weighted by atomic mass is 79.9. The number of imidazole rings is 1. The van der Waals surface area contributed by atoms with Gasteiger partial charge in [-0.3, -0.25) is 4.57 Å². The lowest BCUT2D eigenvalue weighted by atomic mass is 10.2. The van der Waals surface area contributed by atoms with E-state index in [-0.39, 0.29) is 26.1 Å². The smallest absolute Gasteiger partial charge is 0.206 e. The highest BCUT2D eigenvalue weighted by Crippen LogP contribution is 2.30. The molecule has 0 saturated heterocycles. The van der Waals surface area contributed by atoms with Crippen LogP contribution in [0.2, 0.25) is 0 Å². The van der Waals surface area contributed by atoms with Crippen molar-refractivity contribution in [3.63, 3.8) is 0 Å². The number of halogens is 5. The van der Waals surface area contributed by atoms with Crippen LogP contribution < -0.4 is 5.73 Å². The number of nitrogen functional groups attached to an aromatic ring is 1. The number of hydrogen-bond acceptors (Lipinski definition) is 2. The molecule has 0 amide bonds. The Bertz CT molecular complexity index is 877. The molecule has 3 aromatic rings. The van der Waals surface area contributed by atoms with Crippen LogP contribution in [0.5, 0.6) is 0 Å². The topological polar surface area (TPSA) is 43.8 Å². The Balaban J connectivity index is 2.37. The Labute approximate surface area is 133 Å². The minimum atomic E-state index is -0.711. The quantitative estimate of drug-likeness (QED) is 0.587. The van der Waals surface area contributed by atoms with E-state index in [0.29, 0.717) is 5.52 Å². The molecule has 0 saturated carbocycles. The zero-order chi connectivity index (χ0) is 15.3. The summed E-state index contributed by atoms with van der Waals surface area (Å²) in [6.45, 7) is 0. The summed E-state index contributed by atoms with van der Waals surface area (Å²) in [6, 6.07) is 4.52. The molecule has 3 rings (SSSR count). The highest BCUT2D eigenvalue weighted by molar-refractivity contribution is 9.10. The molecule has 0 bridgehead atoms. The minimum Gasteiger partial charge on any atom is -0.369 e. The third kappa shape index (κ3) is 2.32. The standard InChI is InChI=1S/C13H6Br2F3N3/c14-5-1-9(18)11(3-7(5)16)21-12-4-8(17)6(15)2-10(12)20-13(21)19/h1-4H,(H2,19,20). The van der Waals surface area contributed by atoms with E-state index < -0.39 is 17.5 Å². The number of benzene rings is 2. The Hall–Kier alpha value is -1.54. The summed E-state index contributed by atoms with van der Waals surface area (Å²) in [7, 11) is 0. The average molecular weight is 421 g/mol. The van der Waals surface area contributed by atoms with E-state index in [2.05, 4.69) is 36.8 Å². The van der Waals surface area contributed by atoms with Crippen molar-refractivity contribution in [2.45, 2.75) is 0 Å². The summed E-state index contributed by atoms with van der Waals surface area (Å²) in [5.41, 5.74) is 6.22. The van der Waals surface area contributed by atoms with Crippen LogP contribution in [0.3, 0.4) is 0 Å². The van der Waals surface area contributed by atoms with Gasteiger partial charge in [0.2, 0.25) is 5.95 Å². The second kappa shape index (κ2) is 5.03. The molecule has 0 unspecified atom stereocenters. The van der Waals surface area contributed by atoms with Crippen LogP contribution in [0.4, 0.5) is 19.1 Å². The van der Waals surface area contributed by atoms with Crippen molar-refractivity contribution in [3.05, 3.63) is 50.7 Å². The van der Waals surface area contributed by atoms with Gasteiger partial charge < -0.3 is 5.73 Å². The van der Waals surface area contributed by atoms with Gasteiger partial charge in [0.15, 0.2) is 0 Å². The number of nitrogens with zero attached hydrogens (tertiary/aromatic N) is 2. The van der Waals surface area contributed by atoms with Gasteiger partial charge in [-0.05, 0) is 44.0 Å². The van der Waals surface area contributed by atoms with E-state index in [1.165, 1.54) is 6.07 Å². The normalized spacial score (nSPS) is 11.3. The molecule has 0 fully saturated rings. The molecule has 1 heterocycles. The van der Waals surface area contributed by atoms with Crippen LogP contribution in [0, 0.1) is 17.5 Å². The van der Waals surface area contributed by atoms with E-state index in [1.54, 1.807) is 0 Å². The van der Waals surface area contributed by atoms with Crippen molar-refractivity contribution in [2.75, 3.05) is 5.73 Å². The van der Waals surface area contributed by atoms with Gasteiger partial charge in [-0.2, -0.15) is 0 Å². The van der Waals surface area contributed by atoms with Crippen LogP contribution in [-0.2, 0) is 0 Å². The van der Waals surface area contributed by atoms with Gasteiger partial charge in [0.25, 0.3) is 0 Å². The number of hydrogen-bond donors (Lipinski definition) is 1. The van der Waals surface area contributed by atoms with E-state index in [1.807, 2.05) is 0 Å². The lowest BCUT2D eigenvalue weighted by molar-refractivity contribution is 0.588. The Morgan fingerprint density at radius 3 is 2.24 bits per heavy atom.